The maximum absolute atomic E-state index is 4.08. The average Bonchev–Trinajstić information content (AvgIpc) is 1.98. The number of imidazole rings is 1. The first-order valence-corrected chi connectivity index (χ1v) is 2.66. The normalized spacial score (nSPS) is 8.78. The van der Waals surface area contributed by atoms with Crippen LogP contribution in [0.3, 0.4) is 0 Å². The molecule has 1 aromatic heterocycles. The zero-order valence-electron chi connectivity index (χ0n) is 5.47. The van der Waals surface area contributed by atoms with Crippen molar-refractivity contribution in [3.63, 3.8) is 0 Å². The topological polar surface area (TPSA) is 17.8 Å². The lowest BCUT2D eigenvalue weighted by atomic mass is 10.4. The van der Waals surface area contributed by atoms with Gasteiger partial charge in [0.2, 0.25) is 0 Å². The molecule has 0 aromatic carbocycles. The third-order valence-electron chi connectivity index (χ3n) is 1.48. The van der Waals surface area contributed by atoms with Crippen LogP contribution in [-0.4, -0.2) is 9.55 Å². The van der Waals surface area contributed by atoms with Crippen LogP contribution < -0.4 is 0 Å². The summed E-state index contributed by atoms with van der Waals surface area (Å²) >= 11 is 0. The van der Waals surface area contributed by atoms with Crippen LogP contribution in [0.5, 0.6) is 0 Å². The summed E-state index contributed by atoms with van der Waals surface area (Å²) in [5.74, 6) is 0. The van der Waals surface area contributed by atoms with Crippen molar-refractivity contribution in [2.45, 2.75) is 21.3 Å². The molecule has 2 heteroatoms. The Morgan fingerprint density at radius 1 is 1.44 bits per heavy atom. The second-order valence-corrected chi connectivity index (χ2v) is 2.03. The van der Waals surface area contributed by atoms with Gasteiger partial charge in [-0.05, 0) is 13.8 Å². The molecule has 0 saturated carbocycles. The van der Waals surface area contributed by atoms with Gasteiger partial charge in [0.05, 0.1) is 12.0 Å². The molecule has 0 bridgehead atoms. The Labute approximate surface area is 56.5 Å². The van der Waals surface area contributed by atoms with Crippen molar-refractivity contribution in [3.05, 3.63) is 17.7 Å². The standard InChI is InChI=1S/C6H10N2.CH4/c1-5-6(2)8(3)4-7-5;/h4H,1-3H3;1H4. The molecule has 0 fully saturated rings. The molecule has 0 radical (unpaired) electrons. The van der Waals surface area contributed by atoms with E-state index in [0.717, 1.165) is 5.69 Å². The van der Waals surface area contributed by atoms with Crippen LogP contribution in [-0.2, 0) is 7.05 Å². The maximum atomic E-state index is 4.08. The second kappa shape index (κ2) is 2.67. The molecule has 0 spiro atoms. The Morgan fingerprint density at radius 3 is 2.11 bits per heavy atom. The Morgan fingerprint density at radius 2 is 2.00 bits per heavy atom. The molecule has 52 valence electrons. The number of hydrogen-bond donors (Lipinski definition) is 0. The van der Waals surface area contributed by atoms with Gasteiger partial charge in [-0.3, -0.25) is 0 Å². The lowest BCUT2D eigenvalue weighted by Crippen LogP contribution is -1.87. The van der Waals surface area contributed by atoms with Gasteiger partial charge in [0.1, 0.15) is 0 Å². The van der Waals surface area contributed by atoms with E-state index >= 15 is 0 Å². The number of aromatic nitrogens is 2. The van der Waals surface area contributed by atoms with Crippen molar-refractivity contribution in [2.24, 2.45) is 7.05 Å². The summed E-state index contributed by atoms with van der Waals surface area (Å²) in [7, 11) is 2.00. The van der Waals surface area contributed by atoms with Gasteiger partial charge in [-0.25, -0.2) is 4.98 Å². The predicted octanol–water partition coefficient (Wildman–Crippen LogP) is 1.67. The molecule has 0 aliphatic rings. The third-order valence-corrected chi connectivity index (χ3v) is 1.48. The minimum atomic E-state index is 0. The molecule has 0 aliphatic heterocycles. The van der Waals surface area contributed by atoms with Gasteiger partial charge in [0, 0.05) is 12.7 Å². The highest BCUT2D eigenvalue weighted by Gasteiger charge is 1.93. The van der Waals surface area contributed by atoms with E-state index in [4.69, 9.17) is 0 Å². The van der Waals surface area contributed by atoms with Gasteiger partial charge in [-0.1, -0.05) is 7.43 Å². The first-order valence-electron chi connectivity index (χ1n) is 2.66. The van der Waals surface area contributed by atoms with E-state index in [1.54, 1.807) is 0 Å². The van der Waals surface area contributed by atoms with Crippen LogP contribution >= 0.6 is 0 Å². The molecule has 0 saturated heterocycles. The van der Waals surface area contributed by atoms with Gasteiger partial charge >= 0.3 is 0 Å². The minimum Gasteiger partial charge on any atom is -0.338 e. The minimum absolute atomic E-state index is 0. The zero-order valence-corrected chi connectivity index (χ0v) is 5.47. The largest absolute Gasteiger partial charge is 0.338 e. The summed E-state index contributed by atoms with van der Waals surface area (Å²) < 4.78 is 2.01. The number of aryl methyl sites for hydroxylation is 2. The highest BCUT2D eigenvalue weighted by molar-refractivity contribution is 5.07. The first-order chi connectivity index (χ1) is 3.72. The van der Waals surface area contributed by atoms with Crippen LogP contribution in [0.4, 0.5) is 0 Å². The molecular weight excluding hydrogens is 112 g/mol. The highest BCUT2D eigenvalue weighted by atomic mass is 15.0. The molecule has 1 rings (SSSR count). The van der Waals surface area contributed by atoms with Gasteiger partial charge in [-0.15, -0.1) is 0 Å². The van der Waals surface area contributed by atoms with Crippen molar-refractivity contribution in [3.8, 4) is 0 Å². The van der Waals surface area contributed by atoms with Crippen LogP contribution in [0.15, 0.2) is 6.33 Å². The predicted molar refractivity (Wildman–Crippen MR) is 39.4 cm³/mol. The van der Waals surface area contributed by atoms with E-state index in [0.29, 0.717) is 0 Å². The van der Waals surface area contributed by atoms with Crippen LogP contribution in [0.1, 0.15) is 18.8 Å². The average molecular weight is 126 g/mol. The number of nitrogens with zero attached hydrogens (tertiary/aromatic N) is 2. The first kappa shape index (κ1) is 8.21. The fourth-order valence-corrected chi connectivity index (χ4v) is 0.608. The lowest BCUT2D eigenvalue weighted by Gasteiger charge is -1.90. The summed E-state index contributed by atoms with van der Waals surface area (Å²) in [5.41, 5.74) is 2.36. The quantitative estimate of drug-likeness (QED) is 0.517. The van der Waals surface area contributed by atoms with Gasteiger partial charge in [-0.2, -0.15) is 0 Å². The Hall–Kier alpha value is -0.790. The molecule has 0 atom stereocenters. The van der Waals surface area contributed by atoms with Crippen molar-refractivity contribution in [2.75, 3.05) is 0 Å². The van der Waals surface area contributed by atoms with Gasteiger partial charge in [0.15, 0.2) is 0 Å². The summed E-state index contributed by atoms with van der Waals surface area (Å²) in [6.45, 7) is 4.07. The van der Waals surface area contributed by atoms with Crippen LogP contribution in [0.2, 0.25) is 0 Å². The number of rotatable bonds is 0. The monoisotopic (exact) mass is 126 g/mol. The fraction of sp³-hybridized carbons (Fsp3) is 0.571. The summed E-state index contributed by atoms with van der Waals surface area (Å²) in [4.78, 5) is 4.08. The van der Waals surface area contributed by atoms with Crippen molar-refractivity contribution in [1.29, 1.82) is 0 Å². The van der Waals surface area contributed by atoms with E-state index in [-0.39, 0.29) is 7.43 Å². The van der Waals surface area contributed by atoms with Gasteiger partial charge < -0.3 is 4.57 Å². The second-order valence-electron chi connectivity index (χ2n) is 2.03. The molecule has 9 heavy (non-hydrogen) atoms. The lowest BCUT2D eigenvalue weighted by molar-refractivity contribution is 0.871. The Kier molecular flexibility index (Phi) is 2.43. The SMILES string of the molecule is C.Cc1ncn(C)c1C. The molecule has 0 aliphatic carbocycles. The van der Waals surface area contributed by atoms with Crippen molar-refractivity contribution in [1.82, 2.24) is 9.55 Å². The Bertz CT molecular complexity index is 169. The molecule has 0 N–H and O–H groups in total. The van der Waals surface area contributed by atoms with Crippen LogP contribution in [0.25, 0.3) is 0 Å². The Balaban J connectivity index is 0.000000640. The van der Waals surface area contributed by atoms with E-state index in [1.807, 2.05) is 24.9 Å². The smallest absolute Gasteiger partial charge is 0.0948 e. The van der Waals surface area contributed by atoms with E-state index < -0.39 is 0 Å². The summed E-state index contributed by atoms with van der Waals surface area (Å²) in [6.07, 6.45) is 1.82. The van der Waals surface area contributed by atoms with Crippen LogP contribution in [0, 0.1) is 13.8 Å². The molecule has 2 nitrogen and oxygen atoms in total. The molecular formula is C7H14N2. The summed E-state index contributed by atoms with van der Waals surface area (Å²) in [5, 5.41) is 0. The molecule has 1 heterocycles. The van der Waals surface area contributed by atoms with E-state index in [2.05, 4.69) is 11.9 Å². The van der Waals surface area contributed by atoms with Crippen molar-refractivity contribution >= 4 is 0 Å². The zero-order chi connectivity index (χ0) is 6.15. The fourth-order valence-electron chi connectivity index (χ4n) is 0.608. The maximum Gasteiger partial charge on any atom is 0.0948 e. The number of hydrogen-bond acceptors (Lipinski definition) is 1. The third kappa shape index (κ3) is 1.31. The van der Waals surface area contributed by atoms with Gasteiger partial charge in [0.25, 0.3) is 0 Å². The molecule has 0 unspecified atom stereocenters. The van der Waals surface area contributed by atoms with E-state index in [1.165, 1.54) is 5.69 Å². The van der Waals surface area contributed by atoms with Crippen molar-refractivity contribution < 1.29 is 0 Å². The van der Waals surface area contributed by atoms with E-state index in [9.17, 15) is 0 Å². The molecule has 1 aromatic rings. The summed E-state index contributed by atoms with van der Waals surface area (Å²) in [6, 6.07) is 0. The molecule has 0 amide bonds. The highest BCUT2D eigenvalue weighted by Crippen LogP contribution is 1.99.